The van der Waals surface area contributed by atoms with E-state index in [-0.39, 0.29) is 11.8 Å². The number of thioether (sulfide) groups is 1. The van der Waals surface area contributed by atoms with E-state index in [0.717, 1.165) is 23.4 Å². The topological polar surface area (TPSA) is 61.4 Å². The standard InChI is InChI=1S/C23H25N3O2S/c1-2-18-9-6-12-26(18)15-24-22(27)17-10-11-20-19(14-17)25-23(28)21(29-20)13-16-7-4-3-5-8-16/h3-5,7-8,10-11,13-14,18H,2,6,9,12,15H2,1H3,(H,24,27)(H,25,28). The number of rotatable bonds is 5. The van der Waals surface area contributed by atoms with Crippen LogP contribution in [0.2, 0.25) is 0 Å². The Morgan fingerprint density at radius 3 is 2.90 bits per heavy atom. The van der Waals surface area contributed by atoms with E-state index in [4.69, 9.17) is 0 Å². The van der Waals surface area contributed by atoms with Crippen LogP contribution in [0.1, 0.15) is 42.1 Å². The van der Waals surface area contributed by atoms with Crippen LogP contribution in [0.25, 0.3) is 6.08 Å². The zero-order valence-electron chi connectivity index (χ0n) is 16.5. The summed E-state index contributed by atoms with van der Waals surface area (Å²) < 4.78 is 0. The maximum atomic E-state index is 12.6. The molecule has 1 atom stereocenters. The largest absolute Gasteiger partial charge is 0.339 e. The van der Waals surface area contributed by atoms with E-state index in [2.05, 4.69) is 22.5 Å². The summed E-state index contributed by atoms with van der Waals surface area (Å²) in [4.78, 5) is 29.0. The molecule has 4 rings (SSSR count). The van der Waals surface area contributed by atoms with E-state index in [9.17, 15) is 9.59 Å². The summed E-state index contributed by atoms with van der Waals surface area (Å²) in [6, 6.07) is 15.8. The molecule has 29 heavy (non-hydrogen) atoms. The molecule has 2 N–H and O–H groups in total. The molecule has 150 valence electrons. The third-order valence-electron chi connectivity index (χ3n) is 5.44. The van der Waals surface area contributed by atoms with E-state index in [1.807, 2.05) is 48.5 Å². The Labute approximate surface area is 175 Å². The van der Waals surface area contributed by atoms with E-state index in [0.29, 0.717) is 28.9 Å². The van der Waals surface area contributed by atoms with Crippen molar-refractivity contribution in [3.63, 3.8) is 0 Å². The van der Waals surface area contributed by atoms with Crippen LogP contribution < -0.4 is 10.6 Å². The minimum atomic E-state index is -0.147. The van der Waals surface area contributed by atoms with Gasteiger partial charge in [0, 0.05) is 23.0 Å². The Bertz CT molecular complexity index is 942. The predicted molar refractivity (Wildman–Crippen MR) is 118 cm³/mol. The molecule has 2 heterocycles. The van der Waals surface area contributed by atoms with Gasteiger partial charge in [0.05, 0.1) is 17.3 Å². The van der Waals surface area contributed by atoms with Gasteiger partial charge in [0.2, 0.25) is 0 Å². The number of likely N-dealkylation sites (tertiary alicyclic amines) is 1. The fourth-order valence-electron chi connectivity index (χ4n) is 3.84. The molecule has 0 bridgehead atoms. The monoisotopic (exact) mass is 407 g/mol. The summed E-state index contributed by atoms with van der Waals surface area (Å²) in [6.07, 6.45) is 5.38. The van der Waals surface area contributed by atoms with Gasteiger partial charge in [-0.1, -0.05) is 49.0 Å². The number of fused-ring (bicyclic) bond motifs is 1. The Kier molecular flexibility index (Phi) is 6.02. The summed E-state index contributed by atoms with van der Waals surface area (Å²) >= 11 is 1.43. The SMILES string of the molecule is CCC1CCCN1CNC(=O)c1ccc2c(c1)NC(=O)C(=Cc1ccccc1)S2. The highest BCUT2D eigenvalue weighted by Gasteiger charge is 2.24. The number of nitrogens with one attached hydrogen (secondary N) is 2. The summed E-state index contributed by atoms with van der Waals surface area (Å²) in [7, 11) is 0. The number of carbonyl (C=O) groups excluding carboxylic acids is 2. The Morgan fingerprint density at radius 2 is 2.10 bits per heavy atom. The summed E-state index contributed by atoms with van der Waals surface area (Å²) in [5.41, 5.74) is 2.23. The van der Waals surface area contributed by atoms with Crippen molar-refractivity contribution in [2.24, 2.45) is 0 Å². The van der Waals surface area contributed by atoms with E-state index < -0.39 is 0 Å². The molecule has 2 aromatic rings. The molecule has 1 unspecified atom stereocenters. The lowest BCUT2D eigenvalue weighted by Gasteiger charge is -2.24. The second kappa shape index (κ2) is 8.84. The quantitative estimate of drug-likeness (QED) is 0.724. The first-order valence-electron chi connectivity index (χ1n) is 10.1. The summed E-state index contributed by atoms with van der Waals surface area (Å²) in [6.45, 7) is 3.79. The van der Waals surface area contributed by atoms with Gasteiger partial charge in [-0.05, 0) is 49.1 Å². The van der Waals surface area contributed by atoms with Crippen LogP contribution in [0.4, 0.5) is 5.69 Å². The Balaban J connectivity index is 1.44. The zero-order valence-corrected chi connectivity index (χ0v) is 17.3. The molecule has 0 spiro atoms. The number of hydrogen-bond donors (Lipinski definition) is 2. The zero-order chi connectivity index (χ0) is 20.2. The predicted octanol–water partition coefficient (Wildman–Crippen LogP) is 4.33. The first-order chi connectivity index (χ1) is 14.1. The Morgan fingerprint density at radius 1 is 1.28 bits per heavy atom. The minimum Gasteiger partial charge on any atom is -0.339 e. The molecule has 6 heteroatoms. The third-order valence-corrected chi connectivity index (χ3v) is 6.54. The smallest absolute Gasteiger partial charge is 0.262 e. The number of nitrogens with zero attached hydrogens (tertiary/aromatic N) is 1. The highest BCUT2D eigenvalue weighted by atomic mass is 32.2. The van der Waals surface area contributed by atoms with Gasteiger partial charge >= 0.3 is 0 Å². The molecule has 2 aliphatic rings. The van der Waals surface area contributed by atoms with Crippen LogP contribution in [0.3, 0.4) is 0 Å². The van der Waals surface area contributed by atoms with Gasteiger partial charge in [-0.2, -0.15) is 0 Å². The van der Waals surface area contributed by atoms with Gasteiger partial charge in [0.15, 0.2) is 0 Å². The summed E-state index contributed by atoms with van der Waals surface area (Å²) in [5.74, 6) is -0.258. The fraction of sp³-hybridized carbons (Fsp3) is 0.304. The molecule has 2 amide bonds. The molecule has 1 saturated heterocycles. The van der Waals surface area contributed by atoms with Crippen molar-refractivity contribution in [3.8, 4) is 0 Å². The van der Waals surface area contributed by atoms with Gasteiger partial charge in [-0.3, -0.25) is 14.5 Å². The van der Waals surface area contributed by atoms with Crippen LogP contribution in [0, 0.1) is 0 Å². The molecule has 0 radical (unpaired) electrons. The van der Waals surface area contributed by atoms with Crippen LogP contribution in [-0.4, -0.2) is 36.0 Å². The molecule has 1 fully saturated rings. The van der Waals surface area contributed by atoms with Crippen molar-refractivity contribution in [1.29, 1.82) is 0 Å². The van der Waals surface area contributed by atoms with Gasteiger partial charge in [-0.15, -0.1) is 0 Å². The number of hydrogen-bond acceptors (Lipinski definition) is 4. The maximum Gasteiger partial charge on any atom is 0.262 e. The van der Waals surface area contributed by atoms with Crippen molar-refractivity contribution in [1.82, 2.24) is 10.2 Å². The Hall–Kier alpha value is -2.57. The first-order valence-corrected chi connectivity index (χ1v) is 10.9. The molecule has 2 aliphatic heterocycles. The van der Waals surface area contributed by atoms with Crippen molar-refractivity contribution < 1.29 is 9.59 Å². The number of carbonyl (C=O) groups is 2. The lowest BCUT2D eigenvalue weighted by Crippen LogP contribution is -2.40. The minimum absolute atomic E-state index is 0.112. The normalized spacial score (nSPS) is 20.4. The van der Waals surface area contributed by atoms with E-state index in [1.54, 1.807) is 6.07 Å². The second-order valence-electron chi connectivity index (χ2n) is 7.37. The van der Waals surface area contributed by atoms with Gasteiger partial charge in [0.25, 0.3) is 11.8 Å². The molecule has 0 saturated carbocycles. The fourth-order valence-corrected chi connectivity index (χ4v) is 4.77. The van der Waals surface area contributed by atoms with Crippen molar-refractivity contribution >= 4 is 35.3 Å². The lowest BCUT2D eigenvalue weighted by molar-refractivity contribution is -0.112. The van der Waals surface area contributed by atoms with Gasteiger partial charge in [0.1, 0.15) is 0 Å². The second-order valence-corrected chi connectivity index (χ2v) is 8.45. The van der Waals surface area contributed by atoms with Crippen molar-refractivity contribution in [2.45, 2.75) is 37.1 Å². The molecule has 0 aliphatic carbocycles. The van der Waals surface area contributed by atoms with Crippen LogP contribution >= 0.6 is 11.8 Å². The average molecular weight is 408 g/mol. The van der Waals surface area contributed by atoms with E-state index >= 15 is 0 Å². The number of benzene rings is 2. The number of amides is 2. The number of anilines is 1. The van der Waals surface area contributed by atoms with Gasteiger partial charge < -0.3 is 10.6 Å². The molecule has 2 aromatic carbocycles. The van der Waals surface area contributed by atoms with Crippen LogP contribution in [0.5, 0.6) is 0 Å². The first kappa shape index (κ1) is 19.7. The average Bonchev–Trinajstić information content (AvgIpc) is 3.20. The highest BCUT2D eigenvalue weighted by Crippen LogP contribution is 2.39. The molecular formula is C23H25N3O2S. The third kappa shape index (κ3) is 4.54. The molecule has 0 aromatic heterocycles. The van der Waals surface area contributed by atoms with Gasteiger partial charge in [-0.25, -0.2) is 0 Å². The van der Waals surface area contributed by atoms with Crippen LogP contribution in [-0.2, 0) is 4.79 Å². The van der Waals surface area contributed by atoms with Crippen molar-refractivity contribution in [2.75, 3.05) is 18.5 Å². The maximum absolute atomic E-state index is 12.6. The summed E-state index contributed by atoms with van der Waals surface area (Å²) in [5, 5.41) is 5.94. The highest BCUT2D eigenvalue weighted by molar-refractivity contribution is 8.04. The van der Waals surface area contributed by atoms with Crippen LogP contribution in [0.15, 0.2) is 58.3 Å². The lowest BCUT2D eigenvalue weighted by atomic mass is 10.1. The molecular weight excluding hydrogens is 382 g/mol. The van der Waals surface area contributed by atoms with Crippen molar-refractivity contribution in [3.05, 3.63) is 64.6 Å². The van der Waals surface area contributed by atoms with E-state index in [1.165, 1.54) is 24.6 Å². The molecule has 5 nitrogen and oxygen atoms in total.